The number of nitrogens with zero attached hydrogens (tertiary/aromatic N) is 3. The van der Waals surface area contributed by atoms with Crippen molar-refractivity contribution in [3.05, 3.63) is 193 Å². The van der Waals surface area contributed by atoms with Crippen molar-refractivity contribution in [3.63, 3.8) is 0 Å². The summed E-state index contributed by atoms with van der Waals surface area (Å²) >= 11 is 1.82. The van der Waals surface area contributed by atoms with Crippen molar-refractivity contribution in [1.29, 1.82) is 0 Å². The van der Waals surface area contributed by atoms with Crippen molar-refractivity contribution in [2.24, 2.45) is 9.98 Å². The van der Waals surface area contributed by atoms with Gasteiger partial charge in [0.2, 0.25) is 0 Å². The highest BCUT2D eigenvalue weighted by Gasteiger charge is 2.17. The molecule has 0 saturated heterocycles. The topological polar surface area (TPSA) is 29.6 Å². The molecular weight excluding hydrogens is 639 g/mol. The van der Waals surface area contributed by atoms with Crippen molar-refractivity contribution in [3.8, 4) is 16.8 Å². The first-order valence-electron chi connectivity index (χ1n) is 17.1. The Morgan fingerprint density at radius 2 is 1.20 bits per heavy atom. The second kappa shape index (κ2) is 12.8. The summed E-state index contributed by atoms with van der Waals surface area (Å²) in [6, 6.07) is 59.7. The Hall–Kier alpha value is -6.36. The average molecular weight is 672 g/mol. The quantitative estimate of drug-likeness (QED) is 0.124. The van der Waals surface area contributed by atoms with E-state index in [-0.39, 0.29) is 0 Å². The molecule has 7 aromatic carbocycles. The van der Waals surface area contributed by atoms with Crippen LogP contribution in [0, 0.1) is 0 Å². The average Bonchev–Trinajstić information content (AvgIpc) is 3.74. The molecule has 242 valence electrons. The van der Waals surface area contributed by atoms with Crippen LogP contribution in [-0.4, -0.2) is 16.1 Å². The normalized spacial score (nSPS) is 12.3. The Morgan fingerprint density at radius 1 is 0.529 bits per heavy atom. The van der Waals surface area contributed by atoms with Crippen molar-refractivity contribution in [2.45, 2.75) is 6.92 Å². The monoisotopic (exact) mass is 671 g/mol. The van der Waals surface area contributed by atoms with Gasteiger partial charge in [0, 0.05) is 53.5 Å². The molecule has 0 radical (unpaired) electrons. The summed E-state index contributed by atoms with van der Waals surface area (Å²) in [4.78, 5) is 10.2. The number of fused-ring (bicyclic) bond motifs is 6. The van der Waals surface area contributed by atoms with Crippen LogP contribution in [0.15, 0.2) is 186 Å². The zero-order valence-electron chi connectivity index (χ0n) is 28.1. The molecule has 0 aliphatic heterocycles. The third-order valence-corrected chi connectivity index (χ3v) is 10.7. The van der Waals surface area contributed by atoms with Gasteiger partial charge in [0.25, 0.3) is 0 Å². The Bertz CT molecular complexity index is 2820. The molecule has 0 unspecified atom stereocenters. The van der Waals surface area contributed by atoms with Crippen LogP contribution in [0.1, 0.15) is 23.6 Å². The lowest BCUT2D eigenvalue weighted by atomic mass is 9.99. The highest BCUT2D eigenvalue weighted by Crippen LogP contribution is 2.39. The van der Waals surface area contributed by atoms with E-state index in [2.05, 4.69) is 170 Å². The summed E-state index contributed by atoms with van der Waals surface area (Å²) in [5, 5.41) is 5.03. The third kappa shape index (κ3) is 5.56. The van der Waals surface area contributed by atoms with Crippen LogP contribution in [0.3, 0.4) is 0 Å². The lowest BCUT2D eigenvalue weighted by Gasteiger charge is -2.11. The van der Waals surface area contributed by atoms with Crippen molar-refractivity contribution >= 4 is 70.6 Å². The predicted molar refractivity (Wildman–Crippen MR) is 220 cm³/mol. The maximum Gasteiger partial charge on any atom is 0.160 e. The largest absolute Gasteiger partial charge is 0.309 e. The predicted octanol–water partition coefficient (Wildman–Crippen LogP) is 12.7. The molecule has 9 aromatic rings. The molecular formula is C47H33N3S. The van der Waals surface area contributed by atoms with Crippen LogP contribution in [0.5, 0.6) is 0 Å². The standard InChI is InChI=1S/C47H33N3S/c1-31(48-47(34-17-7-4-8-18-34)49-32(2)36-27-28-40-39-21-10-12-26-44(39)51-45(40)30-36)35-19-13-20-37(29-35)50-42-24-11-9-22-41(42)46-38(23-14-25-43(46)50)33-15-5-3-6-16-33/h3-30H,1H2,2H3. The van der Waals surface area contributed by atoms with Gasteiger partial charge in [0.15, 0.2) is 5.84 Å². The molecule has 0 fully saturated rings. The van der Waals surface area contributed by atoms with Gasteiger partial charge in [-0.05, 0) is 60.0 Å². The van der Waals surface area contributed by atoms with Crippen LogP contribution >= 0.6 is 11.3 Å². The zero-order valence-corrected chi connectivity index (χ0v) is 28.9. The van der Waals surface area contributed by atoms with Crippen LogP contribution in [-0.2, 0) is 0 Å². The van der Waals surface area contributed by atoms with Crippen LogP contribution < -0.4 is 0 Å². The molecule has 0 N–H and O–H groups in total. The van der Waals surface area contributed by atoms with E-state index < -0.39 is 0 Å². The second-order valence-electron chi connectivity index (χ2n) is 12.7. The first kappa shape index (κ1) is 30.7. The SMILES string of the molecule is C=C(N=C(N=C(C)c1ccc2c(c1)sc1ccccc12)c1ccccc1)c1cccc(-n2c3ccccc3c3c(-c4ccccc4)cccc32)c1. The number of thiophene rings is 1. The van der Waals surface area contributed by atoms with E-state index in [4.69, 9.17) is 9.98 Å². The minimum absolute atomic E-state index is 0.629. The fourth-order valence-electron chi connectivity index (χ4n) is 7.09. The van der Waals surface area contributed by atoms with E-state index in [1.165, 1.54) is 42.1 Å². The molecule has 2 heterocycles. The van der Waals surface area contributed by atoms with Crippen molar-refractivity contribution in [2.75, 3.05) is 0 Å². The van der Waals surface area contributed by atoms with Crippen LogP contribution in [0.4, 0.5) is 0 Å². The van der Waals surface area contributed by atoms with Gasteiger partial charge >= 0.3 is 0 Å². The summed E-state index contributed by atoms with van der Waals surface area (Å²) < 4.78 is 4.90. The lowest BCUT2D eigenvalue weighted by molar-refractivity contribution is 1.18. The summed E-state index contributed by atoms with van der Waals surface area (Å²) in [6.07, 6.45) is 0. The van der Waals surface area contributed by atoms with Crippen LogP contribution in [0.2, 0.25) is 0 Å². The molecule has 0 saturated carbocycles. The first-order valence-corrected chi connectivity index (χ1v) is 17.9. The van der Waals surface area contributed by atoms with E-state index in [0.717, 1.165) is 39.1 Å². The van der Waals surface area contributed by atoms with Crippen LogP contribution in [0.25, 0.3) is 64.5 Å². The fourth-order valence-corrected chi connectivity index (χ4v) is 8.23. The maximum absolute atomic E-state index is 5.14. The van der Waals surface area contributed by atoms with E-state index in [0.29, 0.717) is 11.5 Å². The van der Waals surface area contributed by atoms with Gasteiger partial charge in [-0.15, -0.1) is 11.3 Å². The van der Waals surface area contributed by atoms with Crippen molar-refractivity contribution in [1.82, 2.24) is 4.57 Å². The molecule has 0 aliphatic carbocycles. The molecule has 0 spiro atoms. The van der Waals surface area contributed by atoms with E-state index in [1.54, 1.807) is 0 Å². The minimum Gasteiger partial charge on any atom is -0.309 e. The molecule has 51 heavy (non-hydrogen) atoms. The van der Waals surface area contributed by atoms with E-state index in [1.807, 2.05) is 29.5 Å². The summed E-state index contributed by atoms with van der Waals surface area (Å²) in [5.41, 5.74) is 10.3. The summed E-state index contributed by atoms with van der Waals surface area (Å²) in [5.74, 6) is 0.629. The van der Waals surface area contributed by atoms with Gasteiger partial charge in [0.1, 0.15) is 0 Å². The molecule has 0 aliphatic rings. The number of hydrogen-bond donors (Lipinski definition) is 0. The number of aromatic nitrogens is 1. The van der Waals surface area contributed by atoms with Gasteiger partial charge in [0.05, 0.1) is 16.7 Å². The maximum atomic E-state index is 5.14. The number of para-hydroxylation sites is 1. The van der Waals surface area contributed by atoms with Crippen molar-refractivity contribution < 1.29 is 0 Å². The number of rotatable bonds is 6. The van der Waals surface area contributed by atoms with Gasteiger partial charge < -0.3 is 4.57 Å². The molecule has 9 rings (SSSR count). The molecule has 4 heteroatoms. The molecule has 0 amide bonds. The Morgan fingerprint density at radius 3 is 2.04 bits per heavy atom. The number of aliphatic imine (C=N–C) groups is 2. The highest BCUT2D eigenvalue weighted by atomic mass is 32.1. The summed E-state index contributed by atoms with van der Waals surface area (Å²) in [7, 11) is 0. The summed E-state index contributed by atoms with van der Waals surface area (Å²) in [6.45, 7) is 6.53. The molecule has 0 bridgehead atoms. The number of amidine groups is 1. The highest BCUT2D eigenvalue weighted by molar-refractivity contribution is 7.25. The Labute approximate surface area is 300 Å². The van der Waals surface area contributed by atoms with Gasteiger partial charge in [-0.25, -0.2) is 9.98 Å². The van der Waals surface area contributed by atoms with E-state index in [9.17, 15) is 0 Å². The lowest BCUT2D eigenvalue weighted by Crippen LogP contribution is -2.04. The Kier molecular flexibility index (Phi) is 7.72. The zero-order chi connectivity index (χ0) is 34.3. The molecule has 2 aromatic heterocycles. The smallest absolute Gasteiger partial charge is 0.160 e. The van der Waals surface area contributed by atoms with Gasteiger partial charge in [-0.2, -0.15) is 0 Å². The molecule has 0 atom stereocenters. The Balaban J connectivity index is 1.13. The third-order valence-electron chi connectivity index (χ3n) is 9.56. The molecule has 3 nitrogen and oxygen atoms in total. The minimum atomic E-state index is 0.629. The van der Waals surface area contributed by atoms with E-state index >= 15 is 0 Å². The van der Waals surface area contributed by atoms with Gasteiger partial charge in [-0.3, -0.25) is 0 Å². The number of benzene rings is 7. The van der Waals surface area contributed by atoms with Gasteiger partial charge in [-0.1, -0.05) is 140 Å². The second-order valence-corrected chi connectivity index (χ2v) is 13.8. The first-order chi connectivity index (χ1) is 25.1. The fraction of sp³-hybridized carbons (Fsp3) is 0.0213. The number of hydrogen-bond acceptors (Lipinski definition) is 2.